The molecule has 1 aromatic carbocycles. The van der Waals surface area contributed by atoms with Crippen molar-refractivity contribution in [1.82, 2.24) is 0 Å². The second-order valence-corrected chi connectivity index (χ2v) is 5.59. The summed E-state index contributed by atoms with van der Waals surface area (Å²) in [4.78, 5) is 0. The predicted molar refractivity (Wildman–Crippen MR) is 70.6 cm³/mol. The van der Waals surface area contributed by atoms with Crippen molar-refractivity contribution < 1.29 is 4.74 Å². The van der Waals surface area contributed by atoms with Crippen molar-refractivity contribution in [2.24, 2.45) is 0 Å². The molecule has 2 heteroatoms. The molecule has 1 aliphatic heterocycles. The van der Waals surface area contributed by atoms with Gasteiger partial charge in [0.05, 0.1) is 11.4 Å². The van der Waals surface area contributed by atoms with Crippen molar-refractivity contribution in [2.45, 2.75) is 25.0 Å². The highest BCUT2D eigenvalue weighted by Gasteiger charge is 2.35. The number of rotatable bonds is 2. The second kappa shape index (κ2) is 4.96. The molecular formula is C14H18OS. The van der Waals surface area contributed by atoms with Crippen LogP contribution >= 0.6 is 11.8 Å². The van der Waals surface area contributed by atoms with Gasteiger partial charge in [-0.15, -0.1) is 11.8 Å². The van der Waals surface area contributed by atoms with Crippen LogP contribution in [0.4, 0.5) is 0 Å². The van der Waals surface area contributed by atoms with Crippen LogP contribution in [0.3, 0.4) is 0 Å². The summed E-state index contributed by atoms with van der Waals surface area (Å²) in [7, 11) is 0. The maximum absolute atomic E-state index is 5.83. The van der Waals surface area contributed by atoms with Crippen LogP contribution in [0.15, 0.2) is 42.2 Å². The lowest BCUT2D eigenvalue weighted by Crippen LogP contribution is -2.28. The Bertz CT molecular complexity index is 372. The van der Waals surface area contributed by atoms with Gasteiger partial charge in [-0.05, 0) is 25.0 Å². The summed E-state index contributed by atoms with van der Waals surface area (Å²) >= 11 is 1.97. The van der Waals surface area contributed by atoms with Crippen molar-refractivity contribution >= 4 is 11.8 Å². The zero-order valence-corrected chi connectivity index (χ0v) is 10.7. The van der Waals surface area contributed by atoms with Gasteiger partial charge in [-0.25, -0.2) is 0 Å². The lowest BCUT2D eigenvalue weighted by Gasteiger charge is -2.36. The summed E-state index contributed by atoms with van der Waals surface area (Å²) in [5.74, 6) is 2.18. The molecule has 1 unspecified atom stereocenters. The maximum Gasteiger partial charge on any atom is 0.112 e. The van der Waals surface area contributed by atoms with E-state index in [0.29, 0.717) is 0 Å². The fraction of sp³-hybridized carbons (Fsp3) is 0.429. The molecule has 86 valence electrons. The van der Waals surface area contributed by atoms with E-state index in [2.05, 4.69) is 50.3 Å². The van der Waals surface area contributed by atoms with Gasteiger partial charge in [-0.1, -0.05) is 37.3 Å². The van der Waals surface area contributed by atoms with Crippen LogP contribution in [0.2, 0.25) is 0 Å². The maximum atomic E-state index is 5.83. The molecule has 0 saturated carbocycles. The standard InChI is InChI=1S/C14H18OS/c1-3-7-13-14(2,16-11-10-15-13)12-8-5-4-6-9-12/h4-9H,3,10-11H2,1-2H3/b13-7-. The van der Waals surface area contributed by atoms with E-state index in [1.807, 2.05) is 11.8 Å². The monoisotopic (exact) mass is 234 g/mol. The lowest BCUT2D eigenvalue weighted by atomic mass is 9.97. The first-order valence-electron chi connectivity index (χ1n) is 5.80. The molecule has 1 fully saturated rings. The van der Waals surface area contributed by atoms with Crippen molar-refractivity contribution in [1.29, 1.82) is 0 Å². The Morgan fingerprint density at radius 3 is 2.81 bits per heavy atom. The molecule has 1 saturated heterocycles. The molecule has 1 aromatic rings. The van der Waals surface area contributed by atoms with E-state index in [4.69, 9.17) is 4.74 Å². The van der Waals surface area contributed by atoms with E-state index in [9.17, 15) is 0 Å². The fourth-order valence-electron chi connectivity index (χ4n) is 2.03. The van der Waals surface area contributed by atoms with E-state index in [0.717, 1.165) is 24.5 Å². The Hall–Kier alpha value is -0.890. The van der Waals surface area contributed by atoms with Gasteiger partial charge in [-0.2, -0.15) is 0 Å². The second-order valence-electron chi connectivity index (χ2n) is 4.07. The molecule has 0 aliphatic carbocycles. The molecule has 0 radical (unpaired) electrons. The highest BCUT2D eigenvalue weighted by atomic mass is 32.2. The fourth-order valence-corrected chi connectivity index (χ4v) is 3.19. The summed E-state index contributed by atoms with van der Waals surface area (Å²) in [6, 6.07) is 10.6. The molecule has 2 rings (SSSR count). The minimum absolute atomic E-state index is 0.00444. The molecule has 1 aliphatic rings. The first-order valence-corrected chi connectivity index (χ1v) is 6.79. The molecule has 0 spiro atoms. The summed E-state index contributed by atoms with van der Waals surface area (Å²) in [5, 5.41) is 0. The van der Waals surface area contributed by atoms with Crippen LogP contribution in [0, 0.1) is 0 Å². The first kappa shape index (κ1) is 11.6. The van der Waals surface area contributed by atoms with E-state index in [-0.39, 0.29) is 4.75 Å². The molecule has 0 amide bonds. The summed E-state index contributed by atoms with van der Waals surface area (Å²) < 4.78 is 5.82. The van der Waals surface area contributed by atoms with E-state index in [1.165, 1.54) is 5.56 Å². The number of benzene rings is 1. The summed E-state index contributed by atoms with van der Waals surface area (Å²) in [5.41, 5.74) is 1.33. The summed E-state index contributed by atoms with van der Waals surface area (Å²) in [6.07, 6.45) is 3.23. The van der Waals surface area contributed by atoms with Gasteiger partial charge in [0.25, 0.3) is 0 Å². The third-order valence-electron chi connectivity index (χ3n) is 2.92. The third-order valence-corrected chi connectivity index (χ3v) is 4.30. The first-order chi connectivity index (χ1) is 7.77. The van der Waals surface area contributed by atoms with Crippen LogP contribution in [0.1, 0.15) is 25.8 Å². The molecular weight excluding hydrogens is 216 g/mol. The largest absolute Gasteiger partial charge is 0.496 e. The van der Waals surface area contributed by atoms with Gasteiger partial charge in [-0.3, -0.25) is 0 Å². The van der Waals surface area contributed by atoms with Gasteiger partial charge in [0.2, 0.25) is 0 Å². The van der Waals surface area contributed by atoms with Crippen molar-refractivity contribution in [3.63, 3.8) is 0 Å². The Balaban J connectivity index is 2.37. The van der Waals surface area contributed by atoms with Crippen molar-refractivity contribution in [3.05, 3.63) is 47.7 Å². The minimum Gasteiger partial charge on any atom is -0.496 e. The predicted octanol–water partition coefficient (Wildman–Crippen LogP) is 3.96. The Kier molecular flexibility index (Phi) is 3.59. The van der Waals surface area contributed by atoms with Gasteiger partial charge in [0.15, 0.2) is 0 Å². The molecule has 16 heavy (non-hydrogen) atoms. The van der Waals surface area contributed by atoms with E-state index < -0.39 is 0 Å². The number of thioether (sulfide) groups is 1. The van der Waals surface area contributed by atoms with Crippen LogP contribution in [-0.2, 0) is 9.48 Å². The Morgan fingerprint density at radius 2 is 2.12 bits per heavy atom. The average Bonchev–Trinajstić information content (AvgIpc) is 2.34. The smallest absolute Gasteiger partial charge is 0.112 e. The van der Waals surface area contributed by atoms with Crippen molar-refractivity contribution in [2.75, 3.05) is 12.4 Å². The molecule has 0 N–H and O–H groups in total. The number of ether oxygens (including phenoxy) is 1. The number of allylic oxidation sites excluding steroid dienone is 1. The van der Waals surface area contributed by atoms with Crippen LogP contribution in [0.25, 0.3) is 0 Å². The topological polar surface area (TPSA) is 9.23 Å². The van der Waals surface area contributed by atoms with Crippen LogP contribution < -0.4 is 0 Å². The molecule has 1 heterocycles. The quantitative estimate of drug-likeness (QED) is 0.766. The zero-order valence-electron chi connectivity index (χ0n) is 9.90. The highest BCUT2D eigenvalue weighted by Crippen LogP contribution is 2.45. The third kappa shape index (κ3) is 2.12. The highest BCUT2D eigenvalue weighted by molar-refractivity contribution is 8.00. The van der Waals surface area contributed by atoms with Gasteiger partial charge < -0.3 is 4.74 Å². The number of hydrogen-bond acceptors (Lipinski definition) is 2. The Labute approximate surface area is 102 Å². The zero-order chi connectivity index (χ0) is 11.4. The average molecular weight is 234 g/mol. The lowest BCUT2D eigenvalue weighted by molar-refractivity contribution is 0.196. The number of hydrogen-bond donors (Lipinski definition) is 0. The minimum atomic E-state index is -0.00444. The molecule has 1 nitrogen and oxygen atoms in total. The van der Waals surface area contributed by atoms with Crippen molar-refractivity contribution in [3.8, 4) is 0 Å². The van der Waals surface area contributed by atoms with Gasteiger partial charge in [0, 0.05) is 5.75 Å². The van der Waals surface area contributed by atoms with E-state index in [1.54, 1.807) is 0 Å². The van der Waals surface area contributed by atoms with Crippen LogP contribution in [0.5, 0.6) is 0 Å². The summed E-state index contributed by atoms with van der Waals surface area (Å²) in [6.45, 7) is 5.24. The molecule has 0 bridgehead atoms. The van der Waals surface area contributed by atoms with Gasteiger partial charge in [0.1, 0.15) is 5.76 Å². The molecule has 0 aromatic heterocycles. The normalized spacial score (nSPS) is 27.8. The Morgan fingerprint density at radius 1 is 1.38 bits per heavy atom. The SMILES string of the molecule is CC/C=C1\OCCSC1(C)c1ccccc1. The van der Waals surface area contributed by atoms with E-state index >= 15 is 0 Å². The molecule has 1 atom stereocenters. The van der Waals surface area contributed by atoms with Gasteiger partial charge >= 0.3 is 0 Å². The van der Waals surface area contributed by atoms with Crippen LogP contribution in [-0.4, -0.2) is 12.4 Å².